The zero-order valence-corrected chi connectivity index (χ0v) is 15.0. The molecule has 0 radical (unpaired) electrons. The van der Waals surface area contributed by atoms with Gasteiger partial charge in [0.05, 0.1) is 10.3 Å². The van der Waals surface area contributed by atoms with E-state index >= 15 is 0 Å². The fourth-order valence-corrected chi connectivity index (χ4v) is 4.83. The third-order valence-electron chi connectivity index (χ3n) is 5.30. The van der Waals surface area contributed by atoms with E-state index in [0.717, 1.165) is 18.6 Å². The Hall–Kier alpha value is -2.00. The summed E-state index contributed by atoms with van der Waals surface area (Å²) in [5, 5.41) is 9.34. The first-order valence-electron chi connectivity index (χ1n) is 8.51. The number of hydrogen-bond acceptors (Lipinski definition) is 4. The molecular formula is C17H21FN2O5S. The number of carbonyl (C=O) groups is 2. The van der Waals surface area contributed by atoms with Crippen LogP contribution in [-0.2, 0) is 19.6 Å². The predicted molar refractivity (Wildman–Crippen MR) is 90.3 cm³/mol. The van der Waals surface area contributed by atoms with Gasteiger partial charge in [-0.15, -0.1) is 0 Å². The van der Waals surface area contributed by atoms with Crippen molar-refractivity contribution in [1.82, 2.24) is 9.21 Å². The third kappa shape index (κ3) is 3.45. The summed E-state index contributed by atoms with van der Waals surface area (Å²) in [6.45, 7) is 0.695. The van der Waals surface area contributed by atoms with E-state index < -0.39 is 27.2 Å². The lowest BCUT2D eigenvalue weighted by Crippen LogP contribution is -2.52. The molecular weight excluding hydrogens is 363 g/mol. The second-order valence-corrected chi connectivity index (χ2v) is 8.79. The average Bonchev–Trinajstić information content (AvgIpc) is 2.58. The Morgan fingerprint density at radius 2 is 1.65 bits per heavy atom. The van der Waals surface area contributed by atoms with Gasteiger partial charge in [0.1, 0.15) is 5.82 Å². The van der Waals surface area contributed by atoms with Gasteiger partial charge < -0.3 is 10.0 Å². The smallest absolute Gasteiger partial charge is 0.310 e. The van der Waals surface area contributed by atoms with Crippen molar-refractivity contribution >= 4 is 21.9 Å². The molecule has 1 aromatic carbocycles. The van der Waals surface area contributed by atoms with E-state index in [1.54, 1.807) is 0 Å². The second-order valence-electron chi connectivity index (χ2n) is 6.85. The number of benzene rings is 1. The summed E-state index contributed by atoms with van der Waals surface area (Å²) in [7, 11) is -3.74. The SMILES string of the molecule is O=C(CC1(C(=O)O)CCC1)N1CCN(S(=O)(=O)c2ccc(F)cc2)CC1. The Morgan fingerprint density at radius 3 is 2.12 bits per heavy atom. The van der Waals surface area contributed by atoms with Crippen molar-refractivity contribution in [2.75, 3.05) is 26.2 Å². The number of hydrogen-bond donors (Lipinski definition) is 1. The van der Waals surface area contributed by atoms with Crippen molar-refractivity contribution in [2.24, 2.45) is 5.41 Å². The number of carbonyl (C=O) groups excluding carboxylic acids is 1. The Kier molecular flexibility index (Phi) is 5.03. The second kappa shape index (κ2) is 6.96. The van der Waals surface area contributed by atoms with Gasteiger partial charge in [0.15, 0.2) is 0 Å². The van der Waals surface area contributed by atoms with Crippen molar-refractivity contribution in [1.29, 1.82) is 0 Å². The first-order chi connectivity index (χ1) is 12.2. The molecule has 0 spiro atoms. The summed E-state index contributed by atoms with van der Waals surface area (Å²) >= 11 is 0. The highest BCUT2D eigenvalue weighted by Gasteiger charge is 2.47. The van der Waals surface area contributed by atoms with Gasteiger partial charge in [-0.25, -0.2) is 12.8 Å². The molecule has 26 heavy (non-hydrogen) atoms. The van der Waals surface area contributed by atoms with E-state index in [0.29, 0.717) is 12.8 Å². The molecule has 9 heteroatoms. The van der Waals surface area contributed by atoms with E-state index in [-0.39, 0.29) is 43.4 Å². The van der Waals surface area contributed by atoms with E-state index in [4.69, 9.17) is 0 Å². The number of aliphatic carboxylic acids is 1. The first-order valence-corrected chi connectivity index (χ1v) is 9.96. The number of halogens is 1. The maximum Gasteiger partial charge on any atom is 0.310 e. The topological polar surface area (TPSA) is 95.0 Å². The van der Waals surface area contributed by atoms with Gasteiger partial charge in [-0.05, 0) is 37.1 Å². The molecule has 1 saturated heterocycles. The molecule has 142 valence electrons. The van der Waals surface area contributed by atoms with Crippen LogP contribution in [0.5, 0.6) is 0 Å². The number of piperazine rings is 1. The van der Waals surface area contributed by atoms with Crippen molar-refractivity contribution < 1.29 is 27.5 Å². The van der Waals surface area contributed by atoms with E-state index in [1.807, 2.05) is 0 Å². The molecule has 1 heterocycles. The van der Waals surface area contributed by atoms with Crippen LogP contribution < -0.4 is 0 Å². The number of carboxylic acids is 1. The zero-order valence-electron chi connectivity index (χ0n) is 14.2. The van der Waals surface area contributed by atoms with Crippen LogP contribution in [0.2, 0.25) is 0 Å². The Bertz CT molecular complexity index is 797. The Morgan fingerprint density at radius 1 is 1.08 bits per heavy atom. The molecule has 2 fully saturated rings. The molecule has 2 aliphatic rings. The molecule has 1 aliphatic carbocycles. The summed E-state index contributed by atoms with van der Waals surface area (Å²) in [4.78, 5) is 25.4. The molecule has 0 aromatic heterocycles. The summed E-state index contributed by atoms with van der Waals surface area (Å²) in [6.07, 6.45) is 1.79. The fraction of sp³-hybridized carbons (Fsp3) is 0.529. The number of carboxylic acid groups (broad SMARTS) is 1. The normalized spacial score (nSPS) is 20.4. The van der Waals surface area contributed by atoms with Gasteiger partial charge >= 0.3 is 5.97 Å². The van der Waals surface area contributed by atoms with Gasteiger partial charge in [-0.1, -0.05) is 6.42 Å². The van der Waals surface area contributed by atoms with Gasteiger partial charge in [-0.2, -0.15) is 4.31 Å². The lowest BCUT2D eigenvalue weighted by molar-refractivity contribution is -0.159. The van der Waals surface area contributed by atoms with Crippen molar-refractivity contribution in [3.8, 4) is 0 Å². The van der Waals surface area contributed by atoms with Crippen LogP contribution in [0.3, 0.4) is 0 Å². The van der Waals surface area contributed by atoms with Crippen LogP contribution in [0.4, 0.5) is 4.39 Å². The van der Waals surface area contributed by atoms with Crippen molar-refractivity contribution in [3.05, 3.63) is 30.1 Å². The lowest BCUT2D eigenvalue weighted by atomic mass is 9.66. The van der Waals surface area contributed by atoms with Crippen LogP contribution >= 0.6 is 0 Å². The third-order valence-corrected chi connectivity index (χ3v) is 7.21. The predicted octanol–water partition coefficient (Wildman–Crippen LogP) is 1.30. The first kappa shape index (κ1) is 18.8. The minimum absolute atomic E-state index is 0.0120. The number of rotatable bonds is 5. The van der Waals surface area contributed by atoms with E-state index in [2.05, 4.69) is 0 Å². The highest BCUT2D eigenvalue weighted by atomic mass is 32.2. The minimum atomic E-state index is -3.74. The lowest BCUT2D eigenvalue weighted by Gasteiger charge is -2.40. The minimum Gasteiger partial charge on any atom is -0.481 e. The number of amides is 1. The van der Waals surface area contributed by atoms with Crippen LogP contribution in [-0.4, -0.2) is 60.8 Å². The number of nitrogens with zero attached hydrogens (tertiary/aromatic N) is 2. The van der Waals surface area contributed by atoms with Crippen LogP contribution in [0, 0.1) is 11.2 Å². The van der Waals surface area contributed by atoms with Gasteiger partial charge in [0.25, 0.3) is 0 Å². The quantitative estimate of drug-likeness (QED) is 0.826. The molecule has 1 aromatic rings. The Labute approximate surface area is 151 Å². The molecule has 1 saturated carbocycles. The molecule has 0 atom stereocenters. The molecule has 7 nitrogen and oxygen atoms in total. The average molecular weight is 384 g/mol. The molecule has 1 aliphatic heterocycles. The summed E-state index contributed by atoms with van der Waals surface area (Å²) < 4.78 is 39.4. The summed E-state index contributed by atoms with van der Waals surface area (Å²) in [5.74, 6) is -1.69. The molecule has 1 amide bonds. The molecule has 3 rings (SSSR count). The van der Waals surface area contributed by atoms with Gasteiger partial charge in [0.2, 0.25) is 15.9 Å². The van der Waals surface area contributed by atoms with Crippen LogP contribution in [0.1, 0.15) is 25.7 Å². The molecule has 1 N–H and O–H groups in total. The summed E-state index contributed by atoms with van der Waals surface area (Å²) in [6, 6.07) is 4.62. The van der Waals surface area contributed by atoms with Crippen molar-refractivity contribution in [2.45, 2.75) is 30.6 Å². The highest BCUT2D eigenvalue weighted by Crippen LogP contribution is 2.44. The molecule has 0 bridgehead atoms. The van der Waals surface area contributed by atoms with Crippen LogP contribution in [0.25, 0.3) is 0 Å². The van der Waals surface area contributed by atoms with E-state index in [1.165, 1.54) is 21.3 Å². The maximum atomic E-state index is 13.0. The highest BCUT2D eigenvalue weighted by molar-refractivity contribution is 7.89. The standard InChI is InChI=1S/C17H21FN2O5S/c18-13-2-4-14(5-3-13)26(24,25)20-10-8-19(9-11-20)15(21)12-17(16(22)23)6-1-7-17/h2-5H,1,6-12H2,(H,22,23). The monoisotopic (exact) mass is 384 g/mol. The Balaban J connectivity index is 1.61. The van der Waals surface area contributed by atoms with Gasteiger partial charge in [-0.3, -0.25) is 9.59 Å². The number of sulfonamides is 1. The largest absolute Gasteiger partial charge is 0.481 e. The molecule has 0 unspecified atom stereocenters. The van der Waals surface area contributed by atoms with E-state index in [9.17, 15) is 27.5 Å². The zero-order chi connectivity index (χ0) is 18.9. The summed E-state index contributed by atoms with van der Waals surface area (Å²) in [5.41, 5.74) is -0.950. The van der Waals surface area contributed by atoms with Crippen molar-refractivity contribution in [3.63, 3.8) is 0 Å². The van der Waals surface area contributed by atoms with Crippen LogP contribution in [0.15, 0.2) is 29.2 Å². The maximum absolute atomic E-state index is 13.0. The van der Waals surface area contributed by atoms with Gasteiger partial charge in [0, 0.05) is 32.6 Å². The fourth-order valence-electron chi connectivity index (χ4n) is 3.40.